The zero-order valence-electron chi connectivity index (χ0n) is 11.0. The first-order chi connectivity index (χ1) is 8.65. The highest BCUT2D eigenvalue weighted by Crippen LogP contribution is 2.20. The van der Waals surface area contributed by atoms with Gasteiger partial charge in [-0.05, 0) is 25.0 Å². The number of amides is 1. The van der Waals surface area contributed by atoms with Crippen LogP contribution in [0.25, 0.3) is 0 Å². The van der Waals surface area contributed by atoms with E-state index < -0.39 is 0 Å². The Bertz CT molecular complexity index is 388. The molecule has 4 nitrogen and oxygen atoms in total. The summed E-state index contributed by atoms with van der Waals surface area (Å²) in [7, 11) is 0. The number of hydrogen-bond acceptors (Lipinski definition) is 3. The summed E-state index contributed by atoms with van der Waals surface area (Å²) in [6.45, 7) is 4.24. The van der Waals surface area contributed by atoms with Crippen molar-refractivity contribution < 1.29 is 15.0 Å². The zero-order chi connectivity index (χ0) is 13.5. The Morgan fingerprint density at radius 3 is 2.39 bits per heavy atom. The molecule has 1 aromatic carbocycles. The predicted molar refractivity (Wildman–Crippen MR) is 70.6 cm³/mol. The molecule has 0 unspecified atom stereocenters. The van der Waals surface area contributed by atoms with Crippen molar-refractivity contribution in [2.75, 3.05) is 13.2 Å². The number of carbonyl (C=O) groups is 1. The minimum atomic E-state index is -0.226. The first-order valence-electron chi connectivity index (χ1n) is 6.35. The van der Waals surface area contributed by atoms with Crippen LogP contribution in [0, 0.1) is 0 Å². The van der Waals surface area contributed by atoms with E-state index in [4.69, 9.17) is 5.11 Å². The van der Waals surface area contributed by atoms with E-state index in [2.05, 4.69) is 0 Å². The minimum Gasteiger partial charge on any atom is -0.507 e. The summed E-state index contributed by atoms with van der Waals surface area (Å²) in [5.74, 6) is -0.243. The fourth-order valence-electron chi connectivity index (χ4n) is 2.10. The van der Waals surface area contributed by atoms with Gasteiger partial charge in [-0.1, -0.05) is 26.0 Å². The van der Waals surface area contributed by atoms with Gasteiger partial charge in [0.05, 0.1) is 12.2 Å². The molecular weight excluding hydrogens is 230 g/mol. The monoisotopic (exact) mass is 251 g/mol. The number of phenols is 1. The SMILES string of the molecule is CCC(CC)N(CCO)C(=O)c1ccccc1O. The average Bonchev–Trinajstić information content (AvgIpc) is 2.39. The van der Waals surface area contributed by atoms with E-state index in [9.17, 15) is 9.90 Å². The van der Waals surface area contributed by atoms with Crippen LogP contribution in [0.1, 0.15) is 37.0 Å². The van der Waals surface area contributed by atoms with E-state index in [1.807, 2.05) is 13.8 Å². The Kier molecular flexibility index (Phi) is 5.65. The number of aliphatic hydroxyl groups excluding tert-OH is 1. The van der Waals surface area contributed by atoms with Crippen molar-refractivity contribution >= 4 is 5.91 Å². The summed E-state index contributed by atoms with van der Waals surface area (Å²) < 4.78 is 0. The van der Waals surface area contributed by atoms with Gasteiger partial charge < -0.3 is 15.1 Å². The standard InChI is InChI=1S/C14H21NO3/c1-3-11(4-2)15(9-10-16)14(18)12-7-5-6-8-13(12)17/h5-8,11,16-17H,3-4,9-10H2,1-2H3. The van der Waals surface area contributed by atoms with Gasteiger partial charge in [-0.2, -0.15) is 0 Å². The molecule has 1 rings (SSSR count). The molecule has 1 amide bonds. The Labute approximate surface area is 108 Å². The maximum Gasteiger partial charge on any atom is 0.257 e. The second kappa shape index (κ2) is 7.01. The van der Waals surface area contributed by atoms with Crippen LogP contribution in [-0.2, 0) is 0 Å². The number of para-hydroxylation sites is 1. The third-order valence-corrected chi connectivity index (χ3v) is 3.12. The molecule has 0 bridgehead atoms. The highest BCUT2D eigenvalue weighted by Gasteiger charge is 2.23. The maximum atomic E-state index is 12.4. The van der Waals surface area contributed by atoms with Crippen molar-refractivity contribution in [1.82, 2.24) is 4.90 Å². The van der Waals surface area contributed by atoms with Gasteiger partial charge in [0, 0.05) is 12.6 Å². The molecule has 0 spiro atoms. The molecule has 0 aromatic heterocycles. The molecule has 0 saturated carbocycles. The lowest BCUT2D eigenvalue weighted by atomic mass is 10.1. The number of rotatable bonds is 6. The van der Waals surface area contributed by atoms with E-state index >= 15 is 0 Å². The van der Waals surface area contributed by atoms with Crippen LogP contribution >= 0.6 is 0 Å². The molecule has 18 heavy (non-hydrogen) atoms. The molecule has 2 N–H and O–H groups in total. The lowest BCUT2D eigenvalue weighted by Gasteiger charge is -2.30. The van der Waals surface area contributed by atoms with Crippen LogP contribution in [0.15, 0.2) is 24.3 Å². The lowest BCUT2D eigenvalue weighted by Crippen LogP contribution is -2.41. The number of aliphatic hydroxyl groups is 1. The Balaban J connectivity index is 2.99. The summed E-state index contributed by atoms with van der Waals surface area (Å²) in [6, 6.07) is 6.59. The Hall–Kier alpha value is -1.55. The van der Waals surface area contributed by atoms with E-state index in [1.54, 1.807) is 23.1 Å². The molecule has 0 atom stereocenters. The van der Waals surface area contributed by atoms with Gasteiger partial charge in [0.15, 0.2) is 0 Å². The normalized spacial score (nSPS) is 10.7. The van der Waals surface area contributed by atoms with Crippen LogP contribution < -0.4 is 0 Å². The number of hydrogen-bond donors (Lipinski definition) is 2. The zero-order valence-corrected chi connectivity index (χ0v) is 11.0. The topological polar surface area (TPSA) is 60.8 Å². The first kappa shape index (κ1) is 14.5. The first-order valence-corrected chi connectivity index (χ1v) is 6.35. The fraction of sp³-hybridized carbons (Fsp3) is 0.500. The summed E-state index contributed by atoms with van der Waals surface area (Å²) >= 11 is 0. The third kappa shape index (κ3) is 3.23. The van der Waals surface area contributed by atoms with E-state index in [-0.39, 0.29) is 29.9 Å². The quantitative estimate of drug-likeness (QED) is 0.813. The number of benzene rings is 1. The highest BCUT2D eigenvalue weighted by atomic mass is 16.3. The number of nitrogens with zero attached hydrogens (tertiary/aromatic N) is 1. The van der Waals surface area contributed by atoms with E-state index in [0.717, 1.165) is 12.8 Å². The molecule has 0 aliphatic rings. The fourth-order valence-corrected chi connectivity index (χ4v) is 2.10. The van der Waals surface area contributed by atoms with Gasteiger partial charge in [0.1, 0.15) is 5.75 Å². The molecule has 4 heteroatoms. The second-order valence-corrected chi connectivity index (χ2v) is 4.21. The van der Waals surface area contributed by atoms with Gasteiger partial charge in [0.25, 0.3) is 5.91 Å². The van der Waals surface area contributed by atoms with Gasteiger partial charge in [-0.15, -0.1) is 0 Å². The van der Waals surface area contributed by atoms with Crippen molar-refractivity contribution in [2.45, 2.75) is 32.7 Å². The summed E-state index contributed by atoms with van der Waals surface area (Å²) in [5.41, 5.74) is 0.290. The predicted octanol–water partition coefficient (Wildman–Crippen LogP) is 2.02. The summed E-state index contributed by atoms with van der Waals surface area (Å²) in [5, 5.41) is 18.8. The molecule has 100 valence electrons. The van der Waals surface area contributed by atoms with Crippen molar-refractivity contribution in [2.24, 2.45) is 0 Å². The van der Waals surface area contributed by atoms with Gasteiger partial charge in [-0.25, -0.2) is 0 Å². The number of aromatic hydroxyl groups is 1. The Morgan fingerprint density at radius 2 is 1.89 bits per heavy atom. The second-order valence-electron chi connectivity index (χ2n) is 4.21. The van der Waals surface area contributed by atoms with Crippen LogP contribution in [0.5, 0.6) is 5.75 Å². The van der Waals surface area contributed by atoms with Crippen LogP contribution in [0.2, 0.25) is 0 Å². The van der Waals surface area contributed by atoms with Crippen LogP contribution in [0.3, 0.4) is 0 Å². The van der Waals surface area contributed by atoms with Crippen LogP contribution in [0.4, 0.5) is 0 Å². The van der Waals surface area contributed by atoms with Gasteiger partial charge in [0.2, 0.25) is 0 Å². The van der Waals surface area contributed by atoms with E-state index in [0.29, 0.717) is 6.54 Å². The lowest BCUT2D eigenvalue weighted by molar-refractivity contribution is 0.0619. The van der Waals surface area contributed by atoms with Crippen molar-refractivity contribution in [3.8, 4) is 5.75 Å². The summed E-state index contributed by atoms with van der Waals surface area (Å²) in [4.78, 5) is 14.0. The molecule has 1 aromatic rings. The van der Waals surface area contributed by atoms with Crippen molar-refractivity contribution in [3.63, 3.8) is 0 Å². The molecule has 0 fully saturated rings. The van der Waals surface area contributed by atoms with Crippen molar-refractivity contribution in [3.05, 3.63) is 29.8 Å². The molecule has 0 aliphatic carbocycles. The largest absolute Gasteiger partial charge is 0.507 e. The van der Waals surface area contributed by atoms with E-state index in [1.165, 1.54) is 6.07 Å². The number of phenolic OH excluding ortho intramolecular Hbond substituents is 1. The van der Waals surface area contributed by atoms with Crippen LogP contribution in [-0.4, -0.2) is 40.2 Å². The van der Waals surface area contributed by atoms with Gasteiger partial charge >= 0.3 is 0 Å². The molecular formula is C14H21NO3. The smallest absolute Gasteiger partial charge is 0.257 e. The average molecular weight is 251 g/mol. The third-order valence-electron chi connectivity index (χ3n) is 3.12. The minimum absolute atomic E-state index is 0.0172. The molecule has 0 heterocycles. The number of carbonyl (C=O) groups excluding carboxylic acids is 1. The molecule has 0 radical (unpaired) electrons. The molecule has 0 aliphatic heterocycles. The Morgan fingerprint density at radius 1 is 1.28 bits per heavy atom. The van der Waals surface area contributed by atoms with Gasteiger partial charge in [-0.3, -0.25) is 4.79 Å². The van der Waals surface area contributed by atoms with Crippen molar-refractivity contribution in [1.29, 1.82) is 0 Å². The molecule has 0 saturated heterocycles. The maximum absolute atomic E-state index is 12.4. The highest BCUT2D eigenvalue weighted by molar-refractivity contribution is 5.97. The summed E-state index contributed by atoms with van der Waals surface area (Å²) in [6.07, 6.45) is 1.66.